The monoisotopic (exact) mass is 266 g/mol. The highest BCUT2D eigenvalue weighted by Crippen LogP contribution is 2.29. The Morgan fingerprint density at radius 3 is 2.13 bits per heavy atom. The zero-order valence-corrected chi connectivity index (χ0v) is 9.50. The van der Waals surface area contributed by atoms with Gasteiger partial charge in [-0.25, -0.2) is 0 Å². The lowest BCUT2D eigenvalue weighted by molar-refractivity contribution is 0.0914. The van der Waals surface area contributed by atoms with E-state index >= 15 is 0 Å². The summed E-state index contributed by atoms with van der Waals surface area (Å²) in [6.45, 7) is 0. The van der Waals surface area contributed by atoms with Crippen LogP contribution in [0.15, 0.2) is 34.5 Å². The third-order valence-corrected chi connectivity index (χ3v) is 2.95. The Balaban J connectivity index is 2.68. The van der Waals surface area contributed by atoms with E-state index < -0.39 is 0 Å². The summed E-state index contributed by atoms with van der Waals surface area (Å²) in [4.78, 5) is 23.6. The van der Waals surface area contributed by atoms with Crippen molar-refractivity contribution in [3.05, 3.63) is 45.6 Å². The van der Waals surface area contributed by atoms with Crippen LogP contribution in [0.2, 0.25) is 0 Å². The van der Waals surface area contributed by atoms with Gasteiger partial charge in [0, 0.05) is 11.1 Å². The molecular weight excluding hydrogens is 260 g/mol. The highest BCUT2D eigenvalue weighted by Gasteiger charge is 2.31. The largest absolute Gasteiger partial charge is 0.491 e. The number of Topliss-reactive ketones (excluding diaryl/α,β-unsaturated/α-hetero) is 2. The predicted octanol–water partition coefficient (Wildman–Crippen LogP) is 2.32. The number of carbonyl (C=O) groups is 2. The summed E-state index contributed by atoms with van der Waals surface area (Å²) >= 11 is 3.07. The Labute approximate surface area is 94.9 Å². The van der Waals surface area contributed by atoms with Gasteiger partial charge in [0.25, 0.3) is 0 Å². The van der Waals surface area contributed by atoms with Gasteiger partial charge in [-0.1, -0.05) is 24.3 Å². The van der Waals surface area contributed by atoms with Crippen LogP contribution in [0.5, 0.6) is 0 Å². The highest BCUT2D eigenvalue weighted by atomic mass is 79.9. The number of methoxy groups -OCH3 is 1. The van der Waals surface area contributed by atoms with Gasteiger partial charge < -0.3 is 4.74 Å². The second-order valence-corrected chi connectivity index (χ2v) is 3.84. The molecule has 0 saturated heterocycles. The Bertz CT molecular complexity index is 488. The lowest BCUT2D eigenvalue weighted by Crippen LogP contribution is -2.20. The molecule has 0 atom stereocenters. The second-order valence-electron chi connectivity index (χ2n) is 3.05. The smallest absolute Gasteiger partial charge is 0.229 e. The number of ketones is 2. The molecule has 0 amide bonds. The van der Waals surface area contributed by atoms with E-state index in [2.05, 4.69) is 15.9 Å². The summed E-state index contributed by atoms with van der Waals surface area (Å²) < 4.78 is 5.09. The summed E-state index contributed by atoms with van der Waals surface area (Å²) in [5.74, 6) is -0.416. The lowest BCUT2D eigenvalue weighted by Gasteiger charge is -2.16. The minimum Gasteiger partial charge on any atom is -0.491 e. The molecule has 1 aliphatic carbocycles. The van der Waals surface area contributed by atoms with E-state index in [0.717, 1.165) is 0 Å². The van der Waals surface area contributed by atoms with Crippen molar-refractivity contribution in [2.75, 3.05) is 7.11 Å². The van der Waals surface area contributed by atoms with E-state index in [9.17, 15) is 9.59 Å². The maximum Gasteiger partial charge on any atom is 0.229 e. The fraction of sp³-hybridized carbons (Fsp3) is 0.0909. The Morgan fingerprint density at radius 1 is 1.07 bits per heavy atom. The average molecular weight is 267 g/mol. The van der Waals surface area contributed by atoms with Gasteiger partial charge in [-0.15, -0.1) is 0 Å². The van der Waals surface area contributed by atoms with Crippen molar-refractivity contribution < 1.29 is 14.3 Å². The van der Waals surface area contributed by atoms with Gasteiger partial charge >= 0.3 is 0 Å². The summed E-state index contributed by atoms with van der Waals surface area (Å²) in [5.41, 5.74) is 0.803. The van der Waals surface area contributed by atoms with Crippen LogP contribution in [0.4, 0.5) is 0 Å². The van der Waals surface area contributed by atoms with Crippen molar-refractivity contribution in [1.82, 2.24) is 0 Å². The van der Waals surface area contributed by atoms with Gasteiger partial charge in [0.05, 0.1) is 7.11 Å². The standard InChI is InChI=1S/C11H7BrO3/c1-15-11-8(12)9(13)6-4-2-3-5-7(6)10(11)14/h2-5H,1H3. The van der Waals surface area contributed by atoms with Crippen LogP contribution in [-0.4, -0.2) is 18.7 Å². The Kier molecular flexibility index (Phi) is 2.44. The molecule has 0 fully saturated rings. The maximum absolute atomic E-state index is 11.8. The molecule has 0 bridgehead atoms. The molecule has 0 spiro atoms. The lowest BCUT2D eigenvalue weighted by atomic mass is 9.94. The van der Waals surface area contributed by atoms with Crippen molar-refractivity contribution in [3.8, 4) is 0 Å². The number of rotatable bonds is 1. The molecular formula is C11H7BrO3. The van der Waals surface area contributed by atoms with Crippen LogP contribution in [0.1, 0.15) is 20.7 Å². The van der Waals surface area contributed by atoms with Gasteiger partial charge in [0.1, 0.15) is 4.48 Å². The molecule has 0 saturated carbocycles. The van der Waals surface area contributed by atoms with Crippen LogP contribution >= 0.6 is 15.9 Å². The Hall–Kier alpha value is -1.42. The fourth-order valence-electron chi connectivity index (χ4n) is 1.50. The first-order valence-corrected chi connectivity index (χ1v) is 5.08. The zero-order valence-electron chi connectivity index (χ0n) is 7.91. The van der Waals surface area contributed by atoms with Crippen LogP contribution in [0.3, 0.4) is 0 Å². The third kappa shape index (κ3) is 1.41. The molecule has 76 valence electrons. The summed E-state index contributed by atoms with van der Waals surface area (Å²) in [6.07, 6.45) is 0. The summed E-state index contributed by atoms with van der Waals surface area (Å²) in [5, 5.41) is 0. The summed E-state index contributed by atoms with van der Waals surface area (Å²) in [7, 11) is 1.37. The van der Waals surface area contributed by atoms with E-state index in [1.807, 2.05) is 0 Å². The number of allylic oxidation sites excluding steroid dienone is 2. The number of halogens is 1. The quantitative estimate of drug-likeness (QED) is 0.784. The number of benzene rings is 1. The number of carbonyl (C=O) groups excluding carboxylic acids is 2. The summed E-state index contributed by atoms with van der Waals surface area (Å²) in [6, 6.07) is 6.69. The minimum absolute atomic E-state index is 0.0682. The van der Waals surface area contributed by atoms with Crippen LogP contribution in [-0.2, 0) is 4.74 Å². The molecule has 1 aromatic carbocycles. The van der Waals surface area contributed by atoms with E-state index in [1.54, 1.807) is 24.3 Å². The first kappa shape index (κ1) is 10.1. The molecule has 0 radical (unpaired) electrons. The average Bonchev–Trinajstić information content (AvgIpc) is 2.27. The molecule has 15 heavy (non-hydrogen) atoms. The van der Waals surface area contributed by atoms with Gasteiger partial charge in [-0.05, 0) is 15.9 Å². The van der Waals surface area contributed by atoms with Gasteiger partial charge in [-0.3, -0.25) is 9.59 Å². The van der Waals surface area contributed by atoms with Crippen LogP contribution < -0.4 is 0 Å². The van der Waals surface area contributed by atoms with Gasteiger partial charge in [-0.2, -0.15) is 0 Å². The van der Waals surface area contributed by atoms with E-state index in [0.29, 0.717) is 11.1 Å². The molecule has 0 heterocycles. The molecule has 1 aromatic rings. The van der Waals surface area contributed by atoms with E-state index in [-0.39, 0.29) is 21.8 Å². The highest BCUT2D eigenvalue weighted by molar-refractivity contribution is 9.12. The predicted molar refractivity (Wildman–Crippen MR) is 58.1 cm³/mol. The molecule has 0 unspecified atom stereocenters. The zero-order chi connectivity index (χ0) is 11.0. The SMILES string of the molecule is COC1=C(Br)C(=O)c2ccccc2C1=O. The van der Waals surface area contributed by atoms with Crippen LogP contribution in [0.25, 0.3) is 0 Å². The first-order valence-electron chi connectivity index (χ1n) is 4.29. The molecule has 2 rings (SSSR count). The van der Waals surface area contributed by atoms with Crippen molar-refractivity contribution in [2.24, 2.45) is 0 Å². The number of fused-ring (bicyclic) bond motifs is 1. The van der Waals surface area contributed by atoms with Crippen molar-refractivity contribution >= 4 is 27.5 Å². The molecule has 0 aliphatic heterocycles. The number of ether oxygens (including phenoxy) is 1. The third-order valence-electron chi connectivity index (χ3n) is 2.23. The maximum atomic E-state index is 11.8. The molecule has 0 aromatic heterocycles. The molecule has 1 aliphatic rings. The normalized spacial score (nSPS) is 15.3. The van der Waals surface area contributed by atoms with Crippen LogP contribution in [0, 0.1) is 0 Å². The van der Waals surface area contributed by atoms with Crippen molar-refractivity contribution in [3.63, 3.8) is 0 Å². The molecule has 4 heteroatoms. The van der Waals surface area contributed by atoms with Gasteiger partial charge in [0.15, 0.2) is 5.76 Å². The molecule has 0 N–H and O–H groups in total. The van der Waals surface area contributed by atoms with Crippen molar-refractivity contribution in [1.29, 1.82) is 0 Å². The second kappa shape index (κ2) is 3.62. The number of hydrogen-bond donors (Lipinski definition) is 0. The first-order chi connectivity index (χ1) is 7.16. The molecule has 3 nitrogen and oxygen atoms in total. The number of hydrogen-bond acceptors (Lipinski definition) is 3. The Morgan fingerprint density at radius 2 is 1.60 bits per heavy atom. The van der Waals surface area contributed by atoms with Gasteiger partial charge in [0.2, 0.25) is 11.6 Å². The topological polar surface area (TPSA) is 43.4 Å². The van der Waals surface area contributed by atoms with E-state index in [1.165, 1.54) is 7.11 Å². The fourth-order valence-corrected chi connectivity index (χ4v) is 2.06. The van der Waals surface area contributed by atoms with Crippen molar-refractivity contribution in [2.45, 2.75) is 0 Å². The van der Waals surface area contributed by atoms with E-state index in [4.69, 9.17) is 4.74 Å². The minimum atomic E-state index is -0.264.